The first-order valence-electron chi connectivity index (χ1n) is 8.91. The molecule has 0 aliphatic heterocycles. The first-order chi connectivity index (χ1) is 11.5. The third-order valence-corrected chi connectivity index (χ3v) is 6.29. The van der Waals surface area contributed by atoms with Gasteiger partial charge in [-0.1, -0.05) is 19.9 Å². The number of nitrogens with one attached hydrogen (secondary N) is 1. The second-order valence-electron chi connectivity index (χ2n) is 8.08. The van der Waals surface area contributed by atoms with E-state index in [1.165, 1.54) is 12.8 Å². The van der Waals surface area contributed by atoms with Gasteiger partial charge in [0.25, 0.3) is 5.91 Å². The van der Waals surface area contributed by atoms with Gasteiger partial charge in [-0.15, -0.1) is 0 Å². The van der Waals surface area contributed by atoms with Crippen molar-refractivity contribution in [3.05, 3.63) is 34.8 Å². The quantitative estimate of drug-likeness (QED) is 0.825. The number of nitrogens with zero attached hydrogens (tertiary/aromatic N) is 2. The topological polar surface area (TPSA) is 46.4 Å². The lowest BCUT2D eigenvalue weighted by molar-refractivity contribution is 0.0475. The molecule has 2 bridgehead atoms. The number of pyridine rings is 1. The van der Waals surface area contributed by atoms with Gasteiger partial charge in [-0.3, -0.25) is 9.20 Å². The highest BCUT2D eigenvalue weighted by Gasteiger charge is 2.45. The molecular formula is C19H24BrN3O. The highest BCUT2D eigenvalue weighted by Crippen LogP contribution is 2.47. The van der Waals surface area contributed by atoms with E-state index in [9.17, 15) is 4.79 Å². The lowest BCUT2D eigenvalue weighted by Gasteiger charge is -2.50. The molecule has 24 heavy (non-hydrogen) atoms. The molecule has 128 valence electrons. The van der Waals surface area contributed by atoms with Crippen molar-refractivity contribution in [3.63, 3.8) is 0 Å². The van der Waals surface area contributed by atoms with Gasteiger partial charge in [-0.2, -0.15) is 0 Å². The highest BCUT2D eigenvalue weighted by molar-refractivity contribution is 9.10. The van der Waals surface area contributed by atoms with Gasteiger partial charge in [0.15, 0.2) is 10.4 Å². The molecule has 0 spiro atoms. The monoisotopic (exact) mass is 389 g/mol. The Balaban J connectivity index is 1.65. The van der Waals surface area contributed by atoms with Gasteiger partial charge in [0.05, 0.1) is 5.52 Å². The lowest BCUT2D eigenvalue weighted by atomic mass is 9.61. The van der Waals surface area contributed by atoms with E-state index < -0.39 is 0 Å². The third kappa shape index (κ3) is 2.77. The van der Waals surface area contributed by atoms with E-state index in [0.717, 1.165) is 30.7 Å². The maximum absolute atomic E-state index is 13.0. The molecule has 2 aromatic heterocycles. The summed E-state index contributed by atoms with van der Waals surface area (Å²) < 4.78 is 2.58. The SMILES string of the molecule is CC1CC2CC(C)CC(NC(=O)c3nc(Br)n4ccccc34)(C1)C2. The molecule has 1 N–H and O–H groups in total. The molecule has 2 fully saturated rings. The summed E-state index contributed by atoms with van der Waals surface area (Å²) in [4.78, 5) is 17.5. The van der Waals surface area contributed by atoms with Crippen molar-refractivity contribution in [1.82, 2.24) is 14.7 Å². The zero-order valence-corrected chi connectivity index (χ0v) is 15.8. The van der Waals surface area contributed by atoms with E-state index in [1.807, 2.05) is 28.8 Å². The number of rotatable bonds is 2. The normalized spacial score (nSPS) is 32.7. The Morgan fingerprint density at radius 3 is 2.67 bits per heavy atom. The molecule has 2 aliphatic rings. The molecule has 0 radical (unpaired) electrons. The van der Waals surface area contributed by atoms with Crippen molar-refractivity contribution in [3.8, 4) is 0 Å². The van der Waals surface area contributed by atoms with E-state index >= 15 is 0 Å². The number of amides is 1. The standard InChI is InChI=1S/C19H24BrN3O/c1-12-7-14-8-13(2)10-19(9-12,11-14)22-17(24)16-15-5-3-4-6-23(15)18(20)21-16/h3-6,12-14H,7-11H2,1-2H3,(H,22,24). The fourth-order valence-corrected chi connectivity index (χ4v) is 5.81. The molecule has 2 atom stereocenters. The fourth-order valence-electron chi connectivity index (χ4n) is 5.32. The lowest BCUT2D eigenvalue weighted by Crippen LogP contribution is -2.56. The molecule has 2 heterocycles. The van der Waals surface area contributed by atoms with Crippen LogP contribution in [0.15, 0.2) is 29.1 Å². The van der Waals surface area contributed by atoms with Crippen molar-refractivity contribution in [2.24, 2.45) is 17.8 Å². The van der Waals surface area contributed by atoms with Crippen LogP contribution in [-0.4, -0.2) is 20.8 Å². The summed E-state index contributed by atoms with van der Waals surface area (Å²) in [5.41, 5.74) is 1.32. The van der Waals surface area contributed by atoms with Crippen LogP contribution in [0.5, 0.6) is 0 Å². The number of hydrogen-bond acceptors (Lipinski definition) is 2. The molecule has 4 nitrogen and oxygen atoms in total. The summed E-state index contributed by atoms with van der Waals surface area (Å²) >= 11 is 3.45. The predicted molar refractivity (Wildman–Crippen MR) is 98.0 cm³/mol. The fraction of sp³-hybridized carbons (Fsp3) is 0.579. The average Bonchev–Trinajstić information content (AvgIpc) is 2.83. The van der Waals surface area contributed by atoms with Crippen molar-refractivity contribution in [1.29, 1.82) is 0 Å². The summed E-state index contributed by atoms with van der Waals surface area (Å²) in [6.45, 7) is 4.65. The Hall–Kier alpha value is -1.36. The number of aromatic nitrogens is 2. The molecule has 2 aromatic rings. The Morgan fingerprint density at radius 2 is 1.96 bits per heavy atom. The van der Waals surface area contributed by atoms with Crippen molar-refractivity contribution in [2.75, 3.05) is 0 Å². The van der Waals surface area contributed by atoms with Crippen molar-refractivity contribution >= 4 is 27.4 Å². The van der Waals surface area contributed by atoms with Gasteiger partial charge < -0.3 is 5.32 Å². The highest BCUT2D eigenvalue weighted by atomic mass is 79.9. The van der Waals surface area contributed by atoms with Gasteiger partial charge >= 0.3 is 0 Å². The second kappa shape index (κ2) is 5.87. The van der Waals surface area contributed by atoms with Crippen LogP contribution in [0, 0.1) is 17.8 Å². The average molecular weight is 390 g/mol. The minimum atomic E-state index is -0.0473. The van der Waals surface area contributed by atoms with Crippen LogP contribution in [-0.2, 0) is 0 Å². The minimum absolute atomic E-state index is 0.0358. The first-order valence-corrected chi connectivity index (χ1v) is 9.70. The van der Waals surface area contributed by atoms with Crippen LogP contribution in [0.3, 0.4) is 0 Å². The van der Waals surface area contributed by atoms with Crippen LogP contribution in [0.25, 0.3) is 5.52 Å². The molecule has 5 heteroatoms. The van der Waals surface area contributed by atoms with Gasteiger partial charge in [-0.05, 0) is 77.9 Å². The number of imidazole rings is 1. The van der Waals surface area contributed by atoms with Gasteiger partial charge in [0, 0.05) is 11.7 Å². The number of hydrogen-bond donors (Lipinski definition) is 1. The van der Waals surface area contributed by atoms with Crippen LogP contribution in [0.1, 0.15) is 56.4 Å². The van der Waals surface area contributed by atoms with Crippen molar-refractivity contribution < 1.29 is 4.79 Å². The molecule has 0 aromatic carbocycles. The van der Waals surface area contributed by atoms with Crippen molar-refractivity contribution in [2.45, 2.75) is 51.5 Å². The largest absolute Gasteiger partial charge is 0.345 e. The summed E-state index contributed by atoms with van der Waals surface area (Å²) in [5, 5.41) is 3.41. The number of halogens is 1. The number of carbonyl (C=O) groups excluding carboxylic acids is 1. The maximum atomic E-state index is 13.0. The summed E-state index contributed by atoms with van der Waals surface area (Å²) in [6, 6.07) is 5.83. The van der Waals surface area contributed by atoms with E-state index in [1.54, 1.807) is 0 Å². The Morgan fingerprint density at radius 1 is 1.25 bits per heavy atom. The van der Waals surface area contributed by atoms with E-state index in [2.05, 4.69) is 40.1 Å². The van der Waals surface area contributed by atoms with Crippen LogP contribution >= 0.6 is 15.9 Å². The van der Waals surface area contributed by atoms with Gasteiger partial charge in [0.2, 0.25) is 0 Å². The summed E-state index contributed by atoms with van der Waals surface area (Å²) in [5.74, 6) is 2.08. The van der Waals surface area contributed by atoms with Crippen LogP contribution in [0.4, 0.5) is 0 Å². The van der Waals surface area contributed by atoms with E-state index in [0.29, 0.717) is 22.3 Å². The Kier molecular flexibility index (Phi) is 3.94. The minimum Gasteiger partial charge on any atom is -0.345 e. The molecule has 1 amide bonds. The number of carbonyl (C=O) groups is 1. The van der Waals surface area contributed by atoms with Crippen LogP contribution < -0.4 is 5.32 Å². The molecule has 2 aliphatic carbocycles. The van der Waals surface area contributed by atoms with E-state index in [-0.39, 0.29) is 11.4 Å². The zero-order valence-electron chi connectivity index (χ0n) is 14.3. The Labute approximate surface area is 151 Å². The summed E-state index contributed by atoms with van der Waals surface area (Å²) in [7, 11) is 0. The Bertz CT molecular complexity index is 765. The molecular weight excluding hydrogens is 366 g/mol. The molecule has 0 saturated heterocycles. The smallest absolute Gasteiger partial charge is 0.272 e. The van der Waals surface area contributed by atoms with Gasteiger partial charge in [-0.25, -0.2) is 4.98 Å². The van der Waals surface area contributed by atoms with Crippen LogP contribution in [0.2, 0.25) is 0 Å². The second-order valence-corrected chi connectivity index (χ2v) is 8.79. The molecule has 2 unspecified atom stereocenters. The first kappa shape index (κ1) is 16.1. The summed E-state index contributed by atoms with van der Waals surface area (Å²) in [6.07, 6.45) is 7.84. The number of fused-ring (bicyclic) bond motifs is 3. The maximum Gasteiger partial charge on any atom is 0.272 e. The van der Waals surface area contributed by atoms with Gasteiger partial charge in [0.1, 0.15) is 0 Å². The molecule has 2 saturated carbocycles. The third-order valence-electron chi connectivity index (χ3n) is 5.73. The molecule has 4 rings (SSSR count). The zero-order chi connectivity index (χ0) is 16.9. The van der Waals surface area contributed by atoms with E-state index in [4.69, 9.17) is 0 Å². The predicted octanol–water partition coefficient (Wildman–Crippen LogP) is 4.43.